The Hall–Kier alpha value is -3.00. The fraction of sp³-hybridized carbons (Fsp3) is 0.222. The lowest BCUT2D eigenvalue weighted by Gasteiger charge is -2.23. The molecule has 1 amide bonds. The number of amides is 1. The number of aliphatic hydroxyl groups is 1. The van der Waals surface area contributed by atoms with Gasteiger partial charge in [-0.1, -0.05) is 13.0 Å². The first kappa shape index (κ1) is 17.8. The monoisotopic (exact) mass is 372 g/mol. The van der Waals surface area contributed by atoms with Crippen molar-refractivity contribution in [2.24, 2.45) is 0 Å². The second-order valence-electron chi connectivity index (χ2n) is 5.81. The van der Waals surface area contributed by atoms with Crippen LogP contribution in [-0.2, 0) is 9.59 Å². The summed E-state index contributed by atoms with van der Waals surface area (Å²) in [6.07, 6.45) is 0.673. The molecule has 1 unspecified atom stereocenters. The molecule has 2 aromatic rings. The smallest absolute Gasteiger partial charge is 0.295 e. The van der Waals surface area contributed by atoms with E-state index in [1.165, 1.54) is 40.5 Å². The maximum absolute atomic E-state index is 12.6. The predicted octanol–water partition coefficient (Wildman–Crippen LogP) is 3.49. The van der Waals surface area contributed by atoms with E-state index in [0.29, 0.717) is 13.0 Å². The van der Waals surface area contributed by atoms with Gasteiger partial charge in [0.2, 0.25) is 0 Å². The van der Waals surface area contributed by atoms with Crippen LogP contribution in [0.1, 0.15) is 29.8 Å². The van der Waals surface area contributed by atoms with Crippen molar-refractivity contribution in [1.29, 1.82) is 0 Å². The molecule has 1 aliphatic heterocycles. The van der Waals surface area contributed by atoms with Gasteiger partial charge in [0.05, 0.1) is 16.5 Å². The van der Waals surface area contributed by atoms with Crippen molar-refractivity contribution in [3.8, 4) is 0 Å². The van der Waals surface area contributed by atoms with Crippen molar-refractivity contribution in [2.75, 3.05) is 6.54 Å². The van der Waals surface area contributed by atoms with Gasteiger partial charge in [-0.25, -0.2) is 0 Å². The summed E-state index contributed by atoms with van der Waals surface area (Å²) >= 11 is 1.40. The third-order valence-corrected chi connectivity index (χ3v) is 5.09. The van der Waals surface area contributed by atoms with Crippen molar-refractivity contribution >= 4 is 34.5 Å². The van der Waals surface area contributed by atoms with Gasteiger partial charge < -0.3 is 10.0 Å². The van der Waals surface area contributed by atoms with Crippen LogP contribution in [0.5, 0.6) is 0 Å². The molecule has 1 aromatic heterocycles. The summed E-state index contributed by atoms with van der Waals surface area (Å²) in [7, 11) is 0. The first-order valence-electron chi connectivity index (χ1n) is 8.02. The lowest BCUT2D eigenvalue weighted by Crippen LogP contribution is -2.30. The number of non-ortho nitro benzene ring substituents is 1. The van der Waals surface area contributed by atoms with Gasteiger partial charge in [-0.15, -0.1) is 11.3 Å². The van der Waals surface area contributed by atoms with Gasteiger partial charge in [0, 0.05) is 29.1 Å². The maximum Gasteiger partial charge on any atom is 0.295 e. The molecule has 3 rings (SSSR count). The first-order valence-corrected chi connectivity index (χ1v) is 8.90. The van der Waals surface area contributed by atoms with Crippen molar-refractivity contribution in [2.45, 2.75) is 19.4 Å². The van der Waals surface area contributed by atoms with Crippen LogP contribution in [0, 0.1) is 10.1 Å². The number of nitrogens with zero attached hydrogens (tertiary/aromatic N) is 2. The van der Waals surface area contributed by atoms with Gasteiger partial charge >= 0.3 is 0 Å². The molecule has 1 N–H and O–H groups in total. The molecule has 1 aromatic carbocycles. The Labute approximate surface area is 153 Å². The minimum atomic E-state index is -0.743. The molecule has 8 heteroatoms. The third-order valence-electron chi connectivity index (χ3n) is 4.17. The SMILES string of the molecule is CCCN1C(=O)C(=O)/C(=C(\O)c2ccc([N+](=O)[O-])cc2)C1c1cccs1. The van der Waals surface area contributed by atoms with Crippen LogP contribution in [0.4, 0.5) is 5.69 Å². The van der Waals surface area contributed by atoms with Crippen LogP contribution in [0.15, 0.2) is 47.4 Å². The third kappa shape index (κ3) is 2.99. The van der Waals surface area contributed by atoms with Gasteiger partial charge in [-0.2, -0.15) is 0 Å². The molecular weight excluding hydrogens is 356 g/mol. The summed E-state index contributed by atoms with van der Waals surface area (Å²) < 4.78 is 0. The van der Waals surface area contributed by atoms with Crippen LogP contribution in [0.25, 0.3) is 5.76 Å². The van der Waals surface area contributed by atoms with Crippen LogP contribution in [0.2, 0.25) is 0 Å². The van der Waals surface area contributed by atoms with Gasteiger partial charge in [-0.3, -0.25) is 19.7 Å². The van der Waals surface area contributed by atoms with E-state index in [4.69, 9.17) is 0 Å². The lowest BCUT2D eigenvalue weighted by molar-refractivity contribution is -0.384. The quantitative estimate of drug-likeness (QED) is 0.285. The Kier molecular flexibility index (Phi) is 4.85. The number of thiophene rings is 1. The minimum Gasteiger partial charge on any atom is -0.507 e. The van der Waals surface area contributed by atoms with E-state index in [9.17, 15) is 24.8 Å². The van der Waals surface area contributed by atoms with Crippen molar-refractivity contribution in [3.05, 3.63) is 67.9 Å². The summed E-state index contributed by atoms with van der Waals surface area (Å²) in [5.74, 6) is -1.71. The summed E-state index contributed by atoms with van der Waals surface area (Å²) in [5.41, 5.74) is 0.147. The topological polar surface area (TPSA) is 101 Å². The molecule has 2 heterocycles. The highest BCUT2D eigenvalue weighted by Gasteiger charge is 2.46. The number of nitro groups is 1. The highest BCUT2D eigenvalue weighted by Crippen LogP contribution is 2.41. The largest absolute Gasteiger partial charge is 0.507 e. The fourth-order valence-electron chi connectivity index (χ4n) is 2.99. The molecule has 0 bridgehead atoms. The Bertz CT molecular complexity index is 887. The van der Waals surface area contributed by atoms with Gasteiger partial charge in [0.15, 0.2) is 0 Å². The standard InChI is InChI=1S/C18H16N2O5S/c1-2-9-19-15(13-4-3-10-26-13)14(17(22)18(19)23)16(21)11-5-7-12(8-6-11)20(24)25/h3-8,10,15,21H,2,9H2,1H3/b16-14-. The molecule has 7 nitrogen and oxygen atoms in total. The molecule has 0 saturated carbocycles. The van der Waals surface area contributed by atoms with Crippen LogP contribution in [-0.4, -0.2) is 33.2 Å². The highest BCUT2D eigenvalue weighted by atomic mass is 32.1. The molecule has 0 aliphatic carbocycles. The van der Waals surface area contributed by atoms with E-state index in [1.807, 2.05) is 24.4 Å². The molecule has 1 aliphatic rings. The molecule has 1 fully saturated rings. The second-order valence-corrected chi connectivity index (χ2v) is 6.79. The highest BCUT2D eigenvalue weighted by molar-refractivity contribution is 7.10. The van der Waals surface area contributed by atoms with Gasteiger partial charge in [0.25, 0.3) is 17.4 Å². The second kappa shape index (κ2) is 7.09. The molecule has 0 spiro atoms. The molecular formula is C18H16N2O5S. The lowest BCUT2D eigenvalue weighted by atomic mass is 9.99. The number of nitro benzene ring substituents is 1. The van der Waals surface area contributed by atoms with Gasteiger partial charge in [0.1, 0.15) is 5.76 Å². The average molecular weight is 372 g/mol. The zero-order chi connectivity index (χ0) is 18.8. The van der Waals surface area contributed by atoms with Crippen LogP contribution in [0.3, 0.4) is 0 Å². The number of carbonyl (C=O) groups is 2. The number of carbonyl (C=O) groups excluding carboxylic acids is 2. The number of benzene rings is 1. The molecule has 0 radical (unpaired) electrons. The van der Waals surface area contributed by atoms with Crippen LogP contribution >= 0.6 is 11.3 Å². The Balaban J connectivity index is 2.12. The molecule has 1 saturated heterocycles. The number of hydrogen-bond acceptors (Lipinski definition) is 6. The molecule has 1 atom stereocenters. The van der Waals surface area contributed by atoms with E-state index >= 15 is 0 Å². The predicted molar refractivity (Wildman–Crippen MR) is 96.7 cm³/mol. The fourth-order valence-corrected chi connectivity index (χ4v) is 3.84. The Morgan fingerprint density at radius 1 is 1.27 bits per heavy atom. The first-order chi connectivity index (χ1) is 12.5. The Morgan fingerprint density at radius 3 is 2.50 bits per heavy atom. The zero-order valence-corrected chi connectivity index (χ0v) is 14.7. The summed E-state index contributed by atoms with van der Waals surface area (Å²) in [5, 5.41) is 23.3. The van der Waals surface area contributed by atoms with Crippen molar-refractivity contribution in [3.63, 3.8) is 0 Å². The van der Waals surface area contributed by atoms with Crippen molar-refractivity contribution < 1.29 is 19.6 Å². The van der Waals surface area contributed by atoms with E-state index in [-0.39, 0.29) is 22.6 Å². The number of rotatable bonds is 5. The van der Waals surface area contributed by atoms with Crippen LogP contribution < -0.4 is 0 Å². The zero-order valence-electron chi connectivity index (χ0n) is 13.9. The normalized spacial score (nSPS) is 19.1. The number of aliphatic hydroxyl groups excluding tert-OH is 1. The van der Waals surface area contributed by atoms with Crippen molar-refractivity contribution in [1.82, 2.24) is 4.90 Å². The molecule has 134 valence electrons. The average Bonchev–Trinajstić information content (AvgIpc) is 3.24. The number of hydrogen-bond donors (Lipinski definition) is 1. The van der Waals surface area contributed by atoms with E-state index in [1.54, 1.807) is 0 Å². The summed E-state index contributed by atoms with van der Waals surface area (Å²) in [6, 6.07) is 8.21. The number of Topliss-reactive ketones (excluding diaryl/α,β-unsaturated/α-hetero) is 1. The maximum atomic E-state index is 12.6. The molecule has 26 heavy (non-hydrogen) atoms. The summed E-state index contributed by atoms with van der Waals surface area (Å²) in [6.45, 7) is 2.30. The van der Waals surface area contributed by atoms with E-state index in [2.05, 4.69) is 0 Å². The number of ketones is 1. The minimum absolute atomic E-state index is 0.0137. The van der Waals surface area contributed by atoms with E-state index in [0.717, 1.165) is 4.88 Å². The Morgan fingerprint density at radius 2 is 1.96 bits per heavy atom. The number of likely N-dealkylation sites (tertiary alicyclic amines) is 1. The van der Waals surface area contributed by atoms with E-state index < -0.39 is 22.7 Å². The summed E-state index contributed by atoms with van der Waals surface area (Å²) in [4.78, 5) is 37.5. The van der Waals surface area contributed by atoms with Gasteiger partial charge in [-0.05, 0) is 30.0 Å².